The highest BCUT2D eigenvalue weighted by atomic mass is 16.6. The van der Waals surface area contributed by atoms with Crippen molar-refractivity contribution in [1.29, 1.82) is 0 Å². The molecule has 2 amide bonds. The topological polar surface area (TPSA) is 108 Å². The molecule has 0 saturated carbocycles. The Morgan fingerprint density at radius 1 is 0.927 bits per heavy atom. The van der Waals surface area contributed by atoms with Gasteiger partial charge in [0.25, 0.3) is 11.5 Å². The van der Waals surface area contributed by atoms with Crippen molar-refractivity contribution < 1.29 is 14.3 Å². The van der Waals surface area contributed by atoms with E-state index in [1.54, 1.807) is 59.5 Å². The van der Waals surface area contributed by atoms with Crippen LogP contribution < -0.4 is 25.4 Å². The SMILES string of the molecule is CN(C)c1ccc(C(=O)Nc2ccc3c(c2)N(C(=O)Oc2ccc(-c4n[nH]c(=O)c5ccccc45)cc2)CC3)cc1. The first kappa shape index (κ1) is 25.8. The molecule has 0 aliphatic carbocycles. The average Bonchev–Trinajstić information content (AvgIpc) is 3.42. The lowest BCUT2D eigenvalue weighted by Gasteiger charge is -2.18. The molecular weight excluding hydrogens is 518 g/mol. The zero-order chi connectivity index (χ0) is 28.5. The number of H-pyrrole nitrogens is 1. The number of benzene rings is 4. The van der Waals surface area contributed by atoms with Crippen molar-refractivity contribution in [2.75, 3.05) is 35.8 Å². The van der Waals surface area contributed by atoms with Gasteiger partial charge in [0, 0.05) is 48.5 Å². The van der Waals surface area contributed by atoms with E-state index in [0.717, 1.165) is 22.2 Å². The Hall–Kier alpha value is -5.44. The molecule has 41 heavy (non-hydrogen) atoms. The van der Waals surface area contributed by atoms with E-state index < -0.39 is 6.09 Å². The molecule has 2 heterocycles. The number of aromatic amines is 1. The van der Waals surface area contributed by atoms with Crippen molar-refractivity contribution in [3.8, 4) is 17.0 Å². The van der Waals surface area contributed by atoms with Crippen LogP contribution in [0.25, 0.3) is 22.0 Å². The van der Waals surface area contributed by atoms with Crippen LogP contribution in [0.5, 0.6) is 5.75 Å². The number of rotatable bonds is 5. The Bertz CT molecular complexity index is 1830. The van der Waals surface area contributed by atoms with E-state index in [-0.39, 0.29) is 11.5 Å². The number of aromatic nitrogens is 2. The smallest absolute Gasteiger partial charge is 0.410 e. The summed E-state index contributed by atoms with van der Waals surface area (Å²) in [6, 6.07) is 27.2. The van der Waals surface area contributed by atoms with E-state index in [2.05, 4.69) is 15.5 Å². The number of carbonyl (C=O) groups excluding carboxylic acids is 2. The fourth-order valence-corrected chi connectivity index (χ4v) is 4.93. The lowest BCUT2D eigenvalue weighted by atomic mass is 10.1. The molecule has 1 aliphatic rings. The predicted octanol–water partition coefficient (Wildman–Crippen LogP) is 5.47. The minimum atomic E-state index is -0.508. The zero-order valence-corrected chi connectivity index (χ0v) is 22.5. The largest absolute Gasteiger partial charge is 0.419 e. The van der Waals surface area contributed by atoms with Gasteiger partial charge in [-0.1, -0.05) is 24.3 Å². The molecule has 5 aromatic rings. The van der Waals surface area contributed by atoms with E-state index in [1.807, 2.05) is 55.4 Å². The highest BCUT2D eigenvalue weighted by molar-refractivity contribution is 6.05. The Kier molecular flexibility index (Phi) is 6.68. The van der Waals surface area contributed by atoms with E-state index in [1.165, 1.54) is 0 Å². The van der Waals surface area contributed by atoms with Crippen LogP contribution in [0.1, 0.15) is 15.9 Å². The molecule has 2 N–H and O–H groups in total. The lowest BCUT2D eigenvalue weighted by Crippen LogP contribution is -2.31. The Morgan fingerprint density at radius 2 is 1.66 bits per heavy atom. The molecule has 0 unspecified atom stereocenters. The summed E-state index contributed by atoms with van der Waals surface area (Å²) in [5.74, 6) is 0.152. The number of amides is 2. The van der Waals surface area contributed by atoms with Crippen LogP contribution in [0.3, 0.4) is 0 Å². The minimum Gasteiger partial charge on any atom is -0.410 e. The summed E-state index contributed by atoms with van der Waals surface area (Å²) in [6.07, 6.45) is 0.182. The van der Waals surface area contributed by atoms with Crippen LogP contribution in [-0.2, 0) is 6.42 Å². The fraction of sp³-hybridized carbons (Fsp3) is 0.125. The second-order valence-corrected chi connectivity index (χ2v) is 9.98. The summed E-state index contributed by atoms with van der Waals surface area (Å²) in [5, 5.41) is 11.0. The van der Waals surface area contributed by atoms with Crippen LogP contribution in [0.2, 0.25) is 0 Å². The van der Waals surface area contributed by atoms with Gasteiger partial charge in [0.15, 0.2) is 0 Å². The molecule has 0 radical (unpaired) electrons. The molecule has 6 rings (SSSR count). The van der Waals surface area contributed by atoms with Crippen molar-refractivity contribution >= 4 is 39.8 Å². The van der Waals surface area contributed by atoms with E-state index in [9.17, 15) is 14.4 Å². The van der Waals surface area contributed by atoms with E-state index >= 15 is 0 Å². The molecule has 4 aromatic carbocycles. The van der Waals surface area contributed by atoms with Crippen molar-refractivity contribution in [3.63, 3.8) is 0 Å². The van der Waals surface area contributed by atoms with Gasteiger partial charge >= 0.3 is 6.09 Å². The van der Waals surface area contributed by atoms with Crippen LogP contribution in [-0.4, -0.2) is 42.8 Å². The molecule has 0 bridgehead atoms. The first-order chi connectivity index (χ1) is 19.9. The molecule has 1 aliphatic heterocycles. The quantitative estimate of drug-likeness (QED) is 0.303. The van der Waals surface area contributed by atoms with Crippen molar-refractivity contribution in [3.05, 3.63) is 112 Å². The summed E-state index contributed by atoms with van der Waals surface area (Å²) in [4.78, 5) is 41.6. The van der Waals surface area contributed by atoms with Gasteiger partial charge in [-0.25, -0.2) is 9.89 Å². The van der Waals surface area contributed by atoms with Crippen LogP contribution in [0, 0.1) is 0 Å². The summed E-state index contributed by atoms with van der Waals surface area (Å²) in [6.45, 7) is 0.475. The van der Waals surface area contributed by atoms with Crippen molar-refractivity contribution in [1.82, 2.24) is 10.2 Å². The Balaban J connectivity index is 1.16. The molecule has 9 heteroatoms. The number of hydrogen-bond donors (Lipinski definition) is 2. The fourth-order valence-electron chi connectivity index (χ4n) is 4.93. The van der Waals surface area contributed by atoms with Gasteiger partial charge in [0.2, 0.25) is 0 Å². The molecule has 0 saturated heterocycles. The normalized spacial score (nSPS) is 12.2. The van der Waals surface area contributed by atoms with Crippen LogP contribution in [0.4, 0.5) is 21.9 Å². The van der Waals surface area contributed by atoms with Crippen LogP contribution in [0.15, 0.2) is 95.8 Å². The number of anilines is 3. The number of carbonyl (C=O) groups is 2. The van der Waals surface area contributed by atoms with Gasteiger partial charge in [-0.05, 0) is 78.7 Å². The van der Waals surface area contributed by atoms with Crippen LogP contribution >= 0.6 is 0 Å². The lowest BCUT2D eigenvalue weighted by molar-refractivity contribution is 0.102. The third-order valence-corrected chi connectivity index (χ3v) is 7.13. The first-order valence-corrected chi connectivity index (χ1v) is 13.2. The second-order valence-electron chi connectivity index (χ2n) is 9.98. The van der Waals surface area contributed by atoms with Gasteiger partial charge in [0.05, 0.1) is 16.8 Å². The summed E-state index contributed by atoms with van der Waals surface area (Å²) in [7, 11) is 3.89. The number of fused-ring (bicyclic) bond motifs is 2. The average molecular weight is 546 g/mol. The Morgan fingerprint density at radius 3 is 2.39 bits per heavy atom. The molecule has 0 fully saturated rings. The maximum atomic E-state index is 13.1. The maximum absolute atomic E-state index is 13.1. The third kappa shape index (κ3) is 5.12. The molecule has 0 spiro atoms. The second kappa shape index (κ2) is 10.6. The van der Waals surface area contributed by atoms with Crippen molar-refractivity contribution in [2.24, 2.45) is 0 Å². The maximum Gasteiger partial charge on any atom is 0.419 e. The number of hydrogen-bond acceptors (Lipinski definition) is 6. The standard InChI is InChI=1S/C32H27N5O4/c1-36(2)24-13-8-22(9-14-24)30(38)33-23-12-7-20-17-18-37(28(20)19-23)32(40)41-25-15-10-21(11-16-25)29-26-5-3-4-6-27(26)31(39)35-34-29/h3-16,19H,17-18H2,1-2H3,(H,33,38)(H,35,39). The first-order valence-electron chi connectivity index (χ1n) is 13.2. The highest BCUT2D eigenvalue weighted by Gasteiger charge is 2.27. The molecule has 1 aromatic heterocycles. The molecule has 0 atom stereocenters. The van der Waals surface area contributed by atoms with Gasteiger partial charge in [-0.3, -0.25) is 14.5 Å². The minimum absolute atomic E-state index is 0.229. The van der Waals surface area contributed by atoms with Gasteiger partial charge < -0.3 is 15.0 Å². The number of nitrogens with zero attached hydrogens (tertiary/aromatic N) is 3. The molecule has 9 nitrogen and oxygen atoms in total. The number of ether oxygens (including phenoxy) is 1. The number of nitrogens with one attached hydrogen (secondary N) is 2. The predicted molar refractivity (Wildman–Crippen MR) is 160 cm³/mol. The third-order valence-electron chi connectivity index (χ3n) is 7.13. The molecular formula is C32H27N5O4. The Labute approximate surface area is 236 Å². The summed E-state index contributed by atoms with van der Waals surface area (Å²) >= 11 is 0. The zero-order valence-electron chi connectivity index (χ0n) is 22.5. The van der Waals surface area contributed by atoms with E-state index in [4.69, 9.17) is 4.74 Å². The van der Waals surface area contributed by atoms with Crippen molar-refractivity contribution in [2.45, 2.75) is 6.42 Å². The van der Waals surface area contributed by atoms with E-state index in [0.29, 0.717) is 46.7 Å². The van der Waals surface area contributed by atoms with Gasteiger partial charge in [0.1, 0.15) is 5.75 Å². The van der Waals surface area contributed by atoms with Gasteiger partial charge in [-0.2, -0.15) is 5.10 Å². The summed E-state index contributed by atoms with van der Waals surface area (Å²) in [5.41, 5.74) is 5.01. The molecule has 204 valence electrons. The van der Waals surface area contributed by atoms with Gasteiger partial charge in [-0.15, -0.1) is 0 Å². The monoisotopic (exact) mass is 545 g/mol. The highest BCUT2D eigenvalue weighted by Crippen LogP contribution is 2.32. The summed E-state index contributed by atoms with van der Waals surface area (Å²) < 4.78 is 5.69.